The van der Waals surface area contributed by atoms with Gasteiger partial charge in [-0.1, -0.05) is 18.2 Å². The molecule has 5 nitrogen and oxygen atoms in total. The van der Waals surface area contributed by atoms with Crippen LogP contribution in [0.5, 0.6) is 17.2 Å². The molecule has 25 heavy (non-hydrogen) atoms. The van der Waals surface area contributed by atoms with Gasteiger partial charge in [0.1, 0.15) is 5.75 Å². The number of carbonyl (C=O) groups is 1. The Morgan fingerprint density at radius 2 is 1.64 bits per heavy atom. The maximum atomic E-state index is 12.1. The van der Waals surface area contributed by atoms with Gasteiger partial charge < -0.3 is 19.5 Å². The highest BCUT2D eigenvalue weighted by atomic mass is 16.5. The zero-order valence-electron chi connectivity index (χ0n) is 14.9. The number of nitrogens with one attached hydrogen (secondary N) is 1. The summed E-state index contributed by atoms with van der Waals surface area (Å²) in [5.41, 5.74) is 1.86. The molecule has 0 aliphatic carbocycles. The van der Waals surface area contributed by atoms with Gasteiger partial charge in [-0.05, 0) is 48.4 Å². The van der Waals surface area contributed by atoms with Gasteiger partial charge in [-0.3, -0.25) is 4.79 Å². The lowest BCUT2D eigenvalue weighted by Gasteiger charge is -2.13. The van der Waals surface area contributed by atoms with Gasteiger partial charge in [0.05, 0.1) is 27.4 Å². The Morgan fingerprint density at radius 3 is 2.24 bits per heavy atom. The first-order valence-electron chi connectivity index (χ1n) is 7.92. The van der Waals surface area contributed by atoms with Crippen LogP contribution in [0.4, 0.5) is 0 Å². The van der Waals surface area contributed by atoms with Gasteiger partial charge in [-0.2, -0.15) is 0 Å². The summed E-state index contributed by atoms with van der Waals surface area (Å²) in [6, 6.07) is 13.0. The fourth-order valence-corrected chi connectivity index (χ4v) is 2.37. The Kier molecular flexibility index (Phi) is 6.46. The molecule has 0 spiro atoms. The fourth-order valence-electron chi connectivity index (χ4n) is 2.37. The normalized spacial score (nSPS) is 11.8. The monoisotopic (exact) mass is 341 g/mol. The number of ether oxygens (including phenoxy) is 3. The van der Waals surface area contributed by atoms with Crippen LogP contribution in [0.25, 0.3) is 6.08 Å². The van der Waals surface area contributed by atoms with Crippen molar-refractivity contribution in [2.75, 3.05) is 21.3 Å². The molecule has 1 atom stereocenters. The summed E-state index contributed by atoms with van der Waals surface area (Å²) in [5, 5.41) is 2.93. The van der Waals surface area contributed by atoms with Gasteiger partial charge >= 0.3 is 0 Å². The number of rotatable bonds is 7. The van der Waals surface area contributed by atoms with Crippen molar-refractivity contribution in [1.82, 2.24) is 5.32 Å². The average molecular weight is 341 g/mol. The van der Waals surface area contributed by atoms with E-state index in [1.165, 1.54) is 6.08 Å². The quantitative estimate of drug-likeness (QED) is 0.782. The highest BCUT2D eigenvalue weighted by Crippen LogP contribution is 2.28. The van der Waals surface area contributed by atoms with E-state index in [4.69, 9.17) is 14.2 Å². The summed E-state index contributed by atoms with van der Waals surface area (Å²) in [7, 11) is 4.79. The lowest BCUT2D eigenvalue weighted by molar-refractivity contribution is -0.117. The van der Waals surface area contributed by atoms with Crippen molar-refractivity contribution in [2.45, 2.75) is 13.0 Å². The molecule has 5 heteroatoms. The van der Waals surface area contributed by atoms with Crippen LogP contribution in [0.3, 0.4) is 0 Å². The Hall–Kier alpha value is -2.95. The van der Waals surface area contributed by atoms with Gasteiger partial charge in [-0.15, -0.1) is 0 Å². The molecule has 1 amide bonds. The molecule has 0 fully saturated rings. The molecule has 0 aromatic heterocycles. The van der Waals surface area contributed by atoms with Crippen molar-refractivity contribution < 1.29 is 19.0 Å². The van der Waals surface area contributed by atoms with E-state index in [1.807, 2.05) is 43.3 Å². The molecule has 1 unspecified atom stereocenters. The molecule has 2 aromatic rings. The van der Waals surface area contributed by atoms with E-state index in [0.717, 1.165) is 16.9 Å². The molecule has 0 aliphatic heterocycles. The number of carbonyl (C=O) groups excluding carboxylic acids is 1. The fraction of sp³-hybridized carbons (Fsp3) is 0.250. The van der Waals surface area contributed by atoms with Crippen LogP contribution in [0.1, 0.15) is 24.1 Å². The predicted molar refractivity (Wildman–Crippen MR) is 98.1 cm³/mol. The molecule has 2 rings (SSSR count). The second-order valence-electron chi connectivity index (χ2n) is 5.45. The van der Waals surface area contributed by atoms with E-state index in [1.54, 1.807) is 33.5 Å². The van der Waals surface area contributed by atoms with Gasteiger partial charge in [0.25, 0.3) is 0 Å². The first-order valence-corrected chi connectivity index (χ1v) is 7.92. The van der Waals surface area contributed by atoms with E-state index in [9.17, 15) is 4.79 Å². The second-order valence-corrected chi connectivity index (χ2v) is 5.45. The summed E-state index contributed by atoms with van der Waals surface area (Å²) >= 11 is 0. The van der Waals surface area contributed by atoms with Crippen LogP contribution in [-0.4, -0.2) is 27.2 Å². The number of benzene rings is 2. The van der Waals surface area contributed by atoms with Crippen LogP contribution >= 0.6 is 0 Å². The minimum atomic E-state index is -0.168. The van der Waals surface area contributed by atoms with E-state index in [0.29, 0.717) is 11.5 Å². The minimum Gasteiger partial charge on any atom is -0.497 e. The van der Waals surface area contributed by atoms with Crippen molar-refractivity contribution >= 4 is 12.0 Å². The number of hydrogen-bond acceptors (Lipinski definition) is 4. The van der Waals surface area contributed by atoms with Crippen molar-refractivity contribution in [3.05, 3.63) is 59.7 Å². The van der Waals surface area contributed by atoms with Crippen molar-refractivity contribution in [2.24, 2.45) is 0 Å². The zero-order valence-corrected chi connectivity index (χ0v) is 14.9. The van der Waals surface area contributed by atoms with Crippen LogP contribution in [0, 0.1) is 0 Å². The average Bonchev–Trinajstić information content (AvgIpc) is 2.66. The maximum absolute atomic E-state index is 12.1. The zero-order chi connectivity index (χ0) is 18.2. The smallest absolute Gasteiger partial charge is 0.244 e. The van der Waals surface area contributed by atoms with Gasteiger partial charge in [-0.25, -0.2) is 0 Å². The topological polar surface area (TPSA) is 56.8 Å². The summed E-state index contributed by atoms with van der Waals surface area (Å²) in [4.78, 5) is 12.1. The second kappa shape index (κ2) is 8.78. The Balaban J connectivity index is 1.99. The molecule has 2 aromatic carbocycles. The molecule has 0 saturated heterocycles. The van der Waals surface area contributed by atoms with Gasteiger partial charge in [0.2, 0.25) is 5.91 Å². The summed E-state index contributed by atoms with van der Waals surface area (Å²) in [6.07, 6.45) is 3.24. The van der Waals surface area contributed by atoms with E-state index in [-0.39, 0.29) is 11.9 Å². The molecule has 0 aliphatic rings. The number of amides is 1. The highest BCUT2D eigenvalue weighted by molar-refractivity contribution is 5.92. The third-order valence-electron chi connectivity index (χ3n) is 3.81. The molecule has 0 radical (unpaired) electrons. The first kappa shape index (κ1) is 18.4. The van der Waals surface area contributed by atoms with E-state index < -0.39 is 0 Å². The standard InChI is InChI=1S/C20H23NO4/c1-14(16-7-9-17(23-2)10-8-16)21-20(22)12-6-15-5-11-18(24-3)19(13-15)25-4/h5-14H,1-4H3,(H,21,22)/b12-6+. The molecular weight excluding hydrogens is 318 g/mol. The summed E-state index contributed by atoms with van der Waals surface area (Å²) < 4.78 is 15.6. The minimum absolute atomic E-state index is 0.103. The predicted octanol–water partition coefficient (Wildman–Crippen LogP) is 3.60. The van der Waals surface area contributed by atoms with Crippen LogP contribution in [0.15, 0.2) is 48.5 Å². The van der Waals surface area contributed by atoms with Crippen molar-refractivity contribution in [3.63, 3.8) is 0 Å². The molecule has 0 bridgehead atoms. The van der Waals surface area contributed by atoms with Crippen LogP contribution in [-0.2, 0) is 4.79 Å². The lowest BCUT2D eigenvalue weighted by Crippen LogP contribution is -2.24. The SMILES string of the molecule is COc1ccc(C(C)NC(=O)/C=C/c2ccc(OC)c(OC)c2)cc1. The molecule has 0 saturated carbocycles. The Morgan fingerprint density at radius 1 is 0.960 bits per heavy atom. The molecule has 0 heterocycles. The van der Waals surface area contributed by atoms with E-state index in [2.05, 4.69) is 5.32 Å². The largest absolute Gasteiger partial charge is 0.497 e. The summed E-state index contributed by atoms with van der Waals surface area (Å²) in [6.45, 7) is 1.93. The van der Waals surface area contributed by atoms with Gasteiger partial charge in [0, 0.05) is 6.08 Å². The van der Waals surface area contributed by atoms with Crippen molar-refractivity contribution in [3.8, 4) is 17.2 Å². The summed E-state index contributed by atoms with van der Waals surface area (Å²) in [5.74, 6) is 1.89. The maximum Gasteiger partial charge on any atom is 0.244 e. The lowest BCUT2D eigenvalue weighted by atomic mass is 10.1. The first-order chi connectivity index (χ1) is 12.1. The van der Waals surface area contributed by atoms with Crippen LogP contribution in [0.2, 0.25) is 0 Å². The third-order valence-corrected chi connectivity index (χ3v) is 3.81. The van der Waals surface area contributed by atoms with Gasteiger partial charge in [0.15, 0.2) is 11.5 Å². The van der Waals surface area contributed by atoms with Crippen LogP contribution < -0.4 is 19.5 Å². The number of hydrogen-bond donors (Lipinski definition) is 1. The highest BCUT2D eigenvalue weighted by Gasteiger charge is 2.08. The molecule has 132 valence electrons. The Labute approximate surface area is 148 Å². The Bertz CT molecular complexity index is 738. The van der Waals surface area contributed by atoms with E-state index >= 15 is 0 Å². The molecule has 1 N–H and O–H groups in total. The third kappa shape index (κ3) is 5.01. The van der Waals surface area contributed by atoms with Crippen molar-refractivity contribution in [1.29, 1.82) is 0 Å². The molecular formula is C20H23NO4. The number of methoxy groups -OCH3 is 3.